The van der Waals surface area contributed by atoms with Crippen molar-refractivity contribution in [3.63, 3.8) is 0 Å². The second-order valence-corrected chi connectivity index (χ2v) is 4.70. The van der Waals surface area contributed by atoms with Gasteiger partial charge in [-0.15, -0.1) is 0 Å². The summed E-state index contributed by atoms with van der Waals surface area (Å²) in [5.74, 6) is -0.252. The van der Waals surface area contributed by atoms with E-state index in [2.05, 4.69) is 15.5 Å². The minimum atomic E-state index is -0.252. The number of rotatable bonds is 3. The van der Waals surface area contributed by atoms with Gasteiger partial charge in [-0.3, -0.25) is 10.4 Å². The summed E-state index contributed by atoms with van der Waals surface area (Å²) in [6, 6.07) is 16.1. The van der Waals surface area contributed by atoms with Crippen LogP contribution in [-0.4, -0.2) is 10.7 Å². The highest BCUT2D eigenvalue weighted by molar-refractivity contribution is 5.99. The predicted molar refractivity (Wildman–Crippen MR) is 84.0 cm³/mol. The second kappa shape index (κ2) is 5.71. The zero-order chi connectivity index (χ0) is 14.7. The fourth-order valence-electron chi connectivity index (χ4n) is 2.09. The summed E-state index contributed by atoms with van der Waals surface area (Å²) < 4.78 is 12.9. The number of benzene rings is 2. The summed E-state index contributed by atoms with van der Waals surface area (Å²) in [6.07, 6.45) is 1.75. The molecule has 0 bridgehead atoms. The molecule has 0 aliphatic heterocycles. The Kier molecular flexibility index (Phi) is 3.60. The van der Waals surface area contributed by atoms with Gasteiger partial charge in [0.1, 0.15) is 5.82 Å². The first-order valence-corrected chi connectivity index (χ1v) is 6.64. The molecule has 0 amide bonds. The third kappa shape index (κ3) is 2.89. The molecular weight excluding hydrogens is 265 g/mol. The molecule has 0 fully saturated rings. The summed E-state index contributed by atoms with van der Waals surface area (Å²) in [6.45, 7) is 1.87. The van der Waals surface area contributed by atoms with E-state index in [4.69, 9.17) is 0 Å². The topological polar surface area (TPSA) is 37.3 Å². The Labute approximate surface area is 122 Å². The van der Waals surface area contributed by atoms with E-state index in [9.17, 15) is 4.39 Å². The predicted octanol–water partition coefficient (Wildman–Crippen LogP) is 4.21. The van der Waals surface area contributed by atoms with Crippen molar-refractivity contribution < 1.29 is 4.39 Å². The lowest BCUT2D eigenvalue weighted by molar-refractivity contribution is 0.628. The number of fused-ring (bicyclic) bond motifs is 1. The van der Waals surface area contributed by atoms with Gasteiger partial charge in [-0.2, -0.15) is 5.10 Å². The van der Waals surface area contributed by atoms with E-state index in [-0.39, 0.29) is 5.82 Å². The highest BCUT2D eigenvalue weighted by Gasteiger charge is 2.01. The second-order valence-electron chi connectivity index (χ2n) is 4.70. The molecule has 1 N–H and O–H groups in total. The van der Waals surface area contributed by atoms with Crippen molar-refractivity contribution in [2.45, 2.75) is 6.92 Å². The number of nitrogens with zero attached hydrogens (tertiary/aromatic N) is 2. The molecule has 0 unspecified atom stereocenters. The maximum atomic E-state index is 12.9. The third-order valence-corrected chi connectivity index (χ3v) is 3.24. The van der Waals surface area contributed by atoms with Gasteiger partial charge in [0.05, 0.1) is 16.9 Å². The molecule has 104 valence electrons. The first-order chi connectivity index (χ1) is 10.2. The zero-order valence-corrected chi connectivity index (χ0v) is 11.5. The van der Waals surface area contributed by atoms with Gasteiger partial charge in [0.25, 0.3) is 0 Å². The normalized spacial score (nSPS) is 11.6. The van der Waals surface area contributed by atoms with Crippen LogP contribution in [0.1, 0.15) is 12.5 Å². The minimum absolute atomic E-state index is 0.252. The van der Waals surface area contributed by atoms with Crippen molar-refractivity contribution in [1.29, 1.82) is 0 Å². The molecule has 0 aliphatic carbocycles. The van der Waals surface area contributed by atoms with Crippen LogP contribution in [0.2, 0.25) is 0 Å². The number of hydrazone groups is 1. The van der Waals surface area contributed by atoms with E-state index in [0.29, 0.717) is 0 Å². The van der Waals surface area contributed by atoms with Crippen LogP contribution in [0.5, 0.6) is 0 Å². The molecule has 1 aromatic heterocycles. The molecule has 0 saturated heterocycles. The van der Waals surface area contributed by atoms with Gasteiger partial charge in [0, 0.05) is 11.6 Å². The lowest BCUT2D eigenvalue weighted by Gasteiger charge is -2.06. The van der Waals surface area contributed by atoms with Gasteiger partial charge in [0.15, 0.2) is 0 Å². The van der Waals surface area contributed by atoms with Crippen molar-refractivity contribution in [1.82, 2.24) is 4.98 Å². The van der Waals surface area contributed by atoms with Crippen LogP contribution in [0.15, 0.2) is 65.9 Å². The van der Waals surface area contributed by atoms with Gasteiger partial charge in [0.2, 0.25) is 0 Å². The van der Waals surface area contributed by atoms with E-state index in [1.807, 2.05) is 37.3 Å². The number of halogens is 1. The Morgan fingerprint density at radius 3 is 2.62 bits per heavy atom. The third-order valence-electron chi connectivity index (χ3n) is 3.24. The van der Waals surface area contributed by atoms with E-state index in [0.717, 1.165) is 27.9 Å². The van der Waals surface area contributed by atoms with E-state index in [1.54, 1.807) is 18.3 Å². The highest BCUT2D eigenvalue weighted by Crippen LogP contribution is 2.20. The zero-order valence-electron chi connectivity index (χ0n) is 11.5. The summed E-state index contributed by atoms with van der Waals surface area (Å²) in [5, 5.41) is 5.40. The van der Waals surface area contributed by atoms with Gasteiger partial charge in [-0.05, 0) is 36.8 Å². The maximum absolute atomic E-state index is 12.9. The number of hydrogen-bond acceptors (Lipinski definition) is 3. The fourth-order valence-corrected chi connectivity index (χ4v) is 2.09. The SMILES string of the molecule is CC(=NNc1cccc2cccnc12)c1ccc(F)cc1. The monoisotopic (exact) mass is 279 g/mol. The molecule has 0 radical (unpaired) electrons. The Bertz CT molecular complexity index is 789. The van der Waals surface area contributed by atoms with Crippen LogP contribution in [0.3, 0.4) is 0 Å². The quantitative estimate of drug-likeness (QED) is 0.576. The number of nitrogens with one attached hydrogen (secondary N) is 1. The first-order valence-electron chi connectivity index (χ1n) is 6.64. The van der Waals surface area contributed by atoms with Gasteiger partial charge in [-0.1, -0.05) is 30.3 Å². The molecule has 1 heterocycles. The van der Waals surface area contributed by atoms with Crippen LogP contribution in [-0.2, 0) is 0 Å². The van der Waals surface area contributed by atoms with Crippen LogP contribution < -0.4 is 5.43 Å². The van der Waals surface area contributed by atoms with Crippen molar-refractivity contribution >= 4 is 22.3 Å². The lowest BCUT2D eigenvalue weighted by Crippen LogP contribution is -2.00. The van der Waals surface area contributed by atoms with Crippen molar-refractivity contribution in [3.05, 3.63) is 72.2 Å². The fraction of sp³-hybridized carbons (Fsp3) is 0.0588. The van der Waals surface area contributed by atoms with Gasteiger partial charge >= 0.3 is 0 Å². The Morgan fingerprint density at radius 2 is 1.81 bits per heavy atom. The van der Waals surface area contributed by atoms with Crippen LogP contribution in [0.25, 0.3) is 10.9 Å². The van der Waals surface area contributed by atoms with E-state index in [1.165, 1.54) is 12.1 Å². The smallest absolute Gasteiger partial charge is 0.123 e. The first kappa shape index (κ1) is 13.2. The van der Waals surface area contributed by atoms with Crippen LogP contribution in [0.4, 0.5) is 10.1 Å². The standard InChI is InChI=1S/C17H14FN3/c1-12(13-7-9-15(18)10-8-13)20-21-16-6-2-4-14-5-3-11-19-17(14)16/h2-11,21H,1H3. The van der Waals surface area contributed by atoms with Crippen LogP contribution in [0, 0.1) is 5.82 Å². The lowest BCUT2D eigenvalue weighted by atomic mass is 10.1. The summed E-state index contributed by atoms with van der Waals surface area (Å²) in [4.78, 5) is 4.36. The molecular formula is C17H14FN3. The Morgan fingerprint density at radius 1 is 1.05 bits per heavy atom. The summed E-state index contributed by atoms with van der Waals surface area (Å²) in [5.41, 5.74) is 6.40. The molecule has 0 saturated carbocycles. The van der Waals surface area contributed by atoms with Crippen LogP contribution >= 0.6 is 0 Å². The van der Waals surface area contributed by atoms with Gasteiger partial charge in [-0.25, -0.2) is 4.39 Å². The minimum Gasteiger partial charge on any atom is -0.276 e. The molecule has 0 atom stereocenters. The number of pyridine rings is 1. The largest absolute Gasteiger partial charge is 0.276 e. The number of anilines is 1. The number of para-hydroxylation sites is 1. The number of hydrogen-bond donors (Lipinski definition) is 1. The Hall–Kier alpha value is -2.75. The molecule has 21 heavy (non-hydrogen) atoms. The maximum Gasteiger partial charge on any atom is 0.123 e. The van der Waals surface area contributed by atoms with Crippen molar-refractivity contribution in [2.24, 2.45) is 5.10 Å². The molecule has 4 heteroatoms. The van der Waals surface area contributed by atoms with E-state index >= 15 is 0 Å². The molecule has 3 nitrogen and oxygen atoms in total. The molecule has 3 aromatic rings. The number of aromatic nitrogens is 1. The molecule has 0 spiro atoms. The Balaban J connectivity index is 1.88. The van der Waals surface area contributed by atoms with Gasteiger partial charge < -0.3 is 0 Å². The summed E-state index contributed by atoms with van der Waals surface area (Å²) >= 11 is 0. The molecule has 3 rings (SSSR count). The van der Waals surface area contributed by atoms with Crippen molar-refractivity contribution in [2.75, 3.05) is 5.43 Å². The molecule has 0 aliphatic rings. The molecule has 2 aromatic carbocycles. The van der Waals surface area contributed by atoms with Crippen molar-refractivity contribution in [3.8, 4) is 0 Å². The average molecular weight is 279 g/mol. The average Bonchev–Trinajstić information content (AvgIpc) is 2.53. The summed E-state index contributed by atoms with van der Waals surface area (Å²) in [7, 11) is 0. The van der Waals surface area contributed by atoms with E-state index < -0.39 is 0 Å². The highest BCUT2D eigenvalue weighted by atomic mass is 19.1.